The molecule has 1 aromatic carbocycles. The maximum absolute atomic E-state index is 13.4. The Morgan fingerprint density at radius 3 is 2.62 bits per heavy atom. The number of nitrogens with one attached hydrogen (secondary N) is 1. The molecule has 0 aliphatic carbocycles. The van der Waals surface area contributed by atoms with E-state index in [-0.39, 0.29) is 24.2 Å². The molecule has 114 valence electrons. The molecule has 0 heterocycles. The summed E-state index contributed by atoms with van der Waals surface area (Å²) in [4.78, 5) is 11.3. The zero-order valence-electron chi connectivity index (χ0n) is 12.2. The Labute approximate surface area is 122 Å². The first-order valence-electron chi connectivity index (χ1n) is 6.40. The molecule has 0 aliphatic heterocycles. The summed E-state index contributed by atoms with van der Waals surface area (Å²) in [6, 6.07) is 2.56. The van der Waals surface area contributed by atoms with E-state index in [4.69, 9.17) is 10.5 Å². The fraction of sp³-hybridized carbons (Fsp3) is 0.400. The summed E-state index contributed by atoms with van der Waals surface area (Å²) in [5.74, 6) is 2.96. The zero-order chi connectivity index (χ0) is 16.0. The molecule has 0 spiro atoms. The van der Waals surface area contributed by atoms with Crippen LogP contribution in [0.5, 0.6) is 0 Å². The highest BCUT2D eigenvalue weighted by Crippen LogP contribution is 2.16. The summed E-state index contributed by atoms with van der Waals surface area (Å²) in [5, 5.41) is 2.51. The van der Waals surface area contributed by atoms with E-state index in [2.05, 4.69) is 17.2 Å². The van der Waals surface area contributed by atoms with Crippen LogP contribution in [0, 0.1) is 23.5 Å². The summed E-state index contributed by atoms with van der Waals surface area (Å²) in [5.41, 5.74) is 4.33. The van der Waals surface area contributed by atoms with Gasteiger partial charge in [0.15, 0.2) is 11.6 Å². The van der Waals surface area contributed by atoms with Crippen molar-refractivity contribution in [3.8, 4) is 11.8 Å². The number of nitrogen functional groups attached to an aromatic ring is 1. The Kier molecular flexibility index (Phi) is 5.53. The number of anilines is 1. The first-order valence-corrected chi connectivity index (χ1v) is 6.40. The van der Waals surface area contributed by atoms with Crippen LogP contribution in [0.4, 0.5) is 19.3 Å². The van der Waals surface area contributed by atoms with Crippen LogP contribution in [-0.4, -0.2) is 18.2 Å². The van der Waals surface area contributed by atoms with Crippen LogP contribution in [-0.2, 0) is 4.74 Å². The highest BCUT2D eigenvalue weighted by Gasteiger charge is 2.15. The van der Waals surface area contributed by atoms with Crippen molar-refractivity contribution in [2.45, 2.75) is 32.8 Å². The molecule has 0 saturated heterocycles. The average molecular weight is 296 g/mol. The van der Waals surface area contributed by atoms with E-state index < -0.39 is 23.3 Å². The summed E-state index contributed by atoms with van der Waals surface area (Å²) < 4.78 is 31.7. The first-order chi connectivity index (χ1) is 9.70. The number of halogens is 2. The van der Waals surface area contributed by atoms with Crippen molar-refractivity contribution in [2.24, 2.45) is 0 Å². The van der Waals surface area contributed by atoms with Crippen molar-refractivity contribution in [3.63, 3.8) is 0 Å². The minimum atomic E-state index is -1.10. The van der Waals surface area contributed by atoms with E-state index in [0.29, 0.717) is 0 Å². The average Bonchev–Trinajstić information content (AvgIpc) is 2.36. The molecule has 1 amide bonds. The Bertz CT molecular complexity index is 584. The van der Waals surface area contributed by atoms with Crippen molar-refractivity contribution in [1.82, 2.24) is 5.32 Å². The highest BCUT2D eigenvalue weighted by atomic mass is 19.2. The van der Waals surface area contributed by atoms with Gasteiger partial charge in [-0.3, -0.25) is 0 Å². The number of hydrogen-bond donors (Lipinski definition) is 2. The minimum absolute atomic E-state index is 0.0704. The maximum Gasteiger partial charge on any atom is 0.407 e. The number of hydrogen-bond acceptors (Lipinski definition) is 3. The third kappa shape index (κ3) is 5.69. The van der Waals surface area contributed by atoms with Gasteiger partial charge >= 0.3 is 6.09 Å². The zero-order valence-corrected chi connectivity index (χ0v) is 12.2. The minimum Gasteiger partial charge on any atom is -0.444 e. The van der Waals surface area contributed by atoms with Crippen molar-refractivity contribution >= 4 is 11.8 Å². The van der Waals surface area contributed by atoms with Crippen LogP contribution in [0.2, 0.25) is 0 Å². The molecule has 3 N–H and O–H groups in total. The Morgan fingerprint density at radius 2 is 2.00 bits per heavy atom. The maximum atomic E-state index is 13.4. The SMILES string of the molecule is CC(C)(C)OC(=O)NCCC#Cc1ccc(N)c(F)c1F. The standard InChI is InChI=1S/C15H18F2N2O2/c1-15(2,3)21-14(20)19-9-5-4-6-10-7-8-11(18)13(17)12(10)16/h7-8H,5,9,18H2,1-3H3,(H,19,20). The monoisotopic (exact) mass is 296 g/mol. The van der Waals surface area contributed by atoms with E-state index in [1.54, 1.807) is 20.8 Å². The first kappa shape index (κ1) is 16.8. The summed E-state index contributed by atoms with van der Waals surface area (Å²) in [6.07, 6.45) is -0.265. The molecule has 0 fully saturated rings. The van der Waals surface area contributed by atoms with Gasteiger partial charge in [0, 0.05) is 13.0 Å². The third-order valence-corrected chi connectivity index (χ3v) is 2.25. The lowest BCUT2D eigenvalue weighted by Crippen LogP contribution is -2.32. The van der Waals surface area contributed by atoms with E-state index in [1.165, 1.54) is 12.1 Å². The van der Waals surface area contributed by atoms with Gasteiger partial charge in [0.1, 0.15) is 5.60 Å². The molecular weight excluding hydrogens is 278 g/mol. The number of benzene rings is 1. The van der Waals surface area contributed by atoms with Gasteiger partial charge in [-0.2, -0.15) is 0 Å². The van der Waals surface area contributed by atoms with Crippen LogP contribution in [0.15, 0.2) is 12.1 Å². The second kappa shape index (κ2) is 6.93. The fourth-order valence-electron chi connectivity index (χ4n) is 1.36. The van der Waals surface area contributed by atoms with Gasteiger partial charge in [0.25, 0.3) is 0 Å². The molecule has 21 heavy (non-hydrogen) atoms. The van der Waals surface area contributed by atoms with Crippen molar-refractivity contribution in [2.75, 3.05) is 12.3 Å². The summed E-state index contributed by atoms with van der Waals surface area (Å²) in [6.45, 7) is 5.52. The molecule has 1 rings (SSSR count). The molecule has 0 atom stereocenters. The van der Waals surface area contributed by atoms with Crippen molar-refractivity contribution < 1.29 is 18.3 Å². The molecule has 1 aromatic rings. The number of rotatable bonds is 2. The lowest BCUT2D eigenvalue weighted by Gasteiger charge is -2.19. The van der Waals surface area contributed by atoms with Gasteiger partial charge in [-0.05, 0) is 32.9 Å². The Balaban J connectivity index is 2.48. The highest BCUT2D eigenvalue weighted by molar-refractivity contribution is 5.67. The normalized spacial score (nSPS) is 10.5. The number of ether oxygens (including phenoxy) is 1. The predicted octanol–water partition coefficient (Wildman–Crippen LogP) is 2.81. The predicted molar refractivity (Wildman–Crippen MR) is 76.5 cm³/mol. The lowest BCUT2D eigenvalue weighted by molar-refractivity contribution is 0.0529. The quantitative estimate of drug-likeness (QED) is 0.501. The van der Waals surface area contributed by atoms with Gasteiger partial charge < -0.3 is 15.8 Å². The molecule has 0 saturated carbocycles. The van der Waals surface area contributed by atoms with Crippen LogP contribution in [0.3, 0.4) is 0 Å². The van der Waals surface area contributed by atoms with E-state index >= 15 is 0 Å². The van der Waals surface area contributed by atoms with Crippen LogP contribution < -0.4 is 11.1 Å². The fourth-order valence-corrected chi connectivity index (χ4v) is 1.36. The van der Waals surface area contributed by atoms with Gasteiger partial charge in [0.05, 0.1) is 11.3 Å². The van der Waals surface area contributed by atoms with Crippen molar-refractivity contribution in [3.05, 3.63) is 29.3 Å². The number of carbonyl (C=O) groups is 1. The third-order valence-electron chi connectivity index (χ3n) is 2.25. The van der Waals surface area contributed by atoms with Gasteiger partial charge in [-0.15, -0.1) is 0 Å². The molecule has 0 aliphatic rings. The molecular formula is C15H18F2N2O2. The van der Waals surface area contributed by atoms with Gasteiger partial charge in [-0.1, -0.05) is 11.8 Å². The molecule has 0 radical (unpaired) electrons. The molecule has 4 nitrogen and oxygen atoms in total. The van der Waals surface area contributed by atoms with Gasteiger partial charge in [0.2, 0.25) is 0 Å². The van der Waals surface area contributed by atoms with Crippen LogP contribution in [0.1, 0.15) is 32.8 Å². The summed E-state index contributed by atoms with van der Waals surface area (Å²) in [7, 11) is 0. The van der Waals surface area contributed by atoms with Gasteiger partial charge in [-0.25, -0.2) is 13.6 Å². The summed E-state index contributed by atoms with van der Waals surface area (Å²) >= 11 is 0. The number of nitrogens with two attached hydrogens (primary N) is 1. The second-order valence-corrected chi connectivity index (χ2v) is 5.31. The number of amides is 1. The van der Waals surface area contributed by atoms with E-state index in [0.717, 1.165) is 0 Å². The molecule has 0 bridgehead atoms. The molecule has 0 aromatic heterocycles. The molecule has 6 heteroatoms. The number of alkyl carbamates (subject to hydrolysis) is 1. The smallest absolute Gasteiger partial charge is 0.407 e. The van der Waals surface area contributed by atoms with Crippen LogP contribution in [0.25, 0.3) is 0 Å². The number of carbonyl (C=O) groups excluding carboxylic acids is 1. The van der Waals surface area contributed by atoms with E-state index in [1.807, 2.05) is 0 Å². The van der Waals surface area contributed by atoms with E-state index in [9.17, 15) is 13.6 Å². The second-order valence-electron chi connectivity index (χ2n) is 5.31. The Hall–Kier alpha value is -2.29. The molecule has 0 unspecified atom stereocenters. The van der Waals surface area contributed by atoms with Crippen LogP contribution >= 0.6 is 0 Å². The topological polar surface area (TPSA) is 64.3 Å². The van der Waals surface area contributed by atoms with Crippen molar-refractivity contribution in [1.29, 1.82) is 0 Å². The largest absolute Gasteiger partial charge is 0.444 e. The lowest BCUT2D eigenvalue weighted by atomic mass is 10.2. The Morgan fingerprint density at radius 1 is 1.33 bits per heavy atom.